The number of hydrogen-bond acceptors (Lipinski definition) is 2. The second-order valence-electron chi connectivity index (χ2n) is 1.19. The van der Waals surface area contributed by atoms with Gasteiger partial charge in [0.2, 0.25) is 5.91 Å². The van der Waals surface area contributed by atoms with Crippen LogP contribution in [0.3, 0.4) is 0 Å². The summed E-state index contributed by atoms with van der Waals surface area (Å²) in [6.07, 6.45) is 0. The quantitative estimate of drug-likeness (QED) is 0.403. The standard InChI is InChI=1S/C3H8N2O.H2O/c1-2(4)3(5)6;/h2H,4H2,1H3,(H2,5,6);1H2/t2-;/m1./s1. The predicted octanol–water partition coefficient (Wildman–Crippen LogP) is -2.01. The summed E-state index contributed by atoms with van der Waals surface area (Å²) < 4.78 is 0. The number of amides is 1. The monoisotopic (exact) mass is 106 g/mol. The highest BCUT2D eigenvalue weighted by atomic mass is 16.1. The van der Waals surface area contributed by atoms with Crippen molar-refractivity contribution in [3.63, 3.8) is 0 Å². The molecule has 0 rings (SSSR count). The van der Waals surface area contributed by atoms with Crippen LogP contribution in [0, 0.1) is 0 Å². The van der Waals surface area contributed by atoms with E-state index in [1.165, 1.54) is 0 Å². The van der Waals surface area contributed by atoms with Crippen molar-refractivity contribution < 1.29 is 10.3 Å². The Hall–Kier alpha value is -0.610. The lowest BCUT2D eigenvalue weighted by Gasteiger charge is -1.91. The molecule has 4 nitrogen and oxygen atoms in total. The molecule has 0 spiro atoms. The lowest BCUT2D eigenvalue weighted by Crippen LogP contribution is -2.32. The summed E-state index contributed by atoms with van der Waals surface area (Å²) >= 11 is 0. The molecule has 1 atom stereocenters. The first kappa shape index (κ1) is 9.63. The molecule has 0 saturated carbocycles. The third-order valence-electron chi connectivity index (χ3n) is 0.449. The van der Waals surface area contributed by atoms with E-state index in [2.05, 4.69) is 5.73 Å². The first-order valence-corrected chi connectivity index (χ1v) is 1.69. The molecule has 0 aromatic heterocycles. The van der Waals surface area contributed by atoms with Crippen molar-refractivity contribution in [1.82, 2.24) is 0 Å². The molecule has 0 aliphatic carbocycles. The topological polar surface area (TPSA) is 101 Å². The third-order valence-corrected chi connectivity index (χ3v) is 0.449. The van der Waals surface area contributed by atoms with E-state index in [-0.39, 0.29) is 5.48 Å². The molecule has 4 heteroatoms. The van der Waals surface area contributed by atoms with E-state index in [9.17, 15) is 4.79 Å². The lowest BCUT2D eigenvalue weighted by atomic mass is 10.4. The highest BCUT2D eigenvalue weighted by molar-refractivity contribution is 5.78. The minimum Gasteiger partial charge on any atom is -0.412 e. The maximum atomic E-state index is 9.80. The summed E-state index contributed by atoms with van der Waals surface area (Å²) in [5, 5.41) is 0. The van der Waals surface area contributed by atoms with Gasteiger partial charge in [0.25, 0.3) is 0 Å². The molecule has 7 heavy (non-hydrogen) atoms. The van der Waals surface area contributed by atoms with Gasteiger partial charge in [0.05, 0.1) is 6.04 Å². The van der Waals surface area contributed by atoms with E-state index in [1.54, 1.807) is 6.92 Å². The van der Waals surface area contributed by atoms with E-state index in [4.69, 9.17) is 5.73 Å². The van der Waals surface area contributed by atoms with Crippen molar-refractivity contribution in [2.45, 2.75) is 13.0 Å². The van der Waals surface area contributed by atoms with Crippen LogP contribution in [0.1, 0.15) is 6.92 Å². The average Bonchev–Trinajstić information content (AvgIpc) is 1.36. The van der Waals surface area contributed by atoms with Crippen molar-refractivity contribution in [2.24, 2.45) is 11.5 Å². The van der Waals surface area contributed by atoms with Crippen LogP contribution < -0.4 is 11.5 Å². The summed E-state index contributed by atoms with van der Waals surface area (Å²) in [7, 11) is 0. The fraction of sp³-hybridized carbons (Fsp3) is 0.667. The van der Waals surface area contributed by atoms with Gasteiger partial charge in [0.1, 0.15) is 0 Å². The molecule has 0 saturated heterocycles. The van der Waals surface area contributed by atoms with Crippen LogP contribution in [-0.4, -0.2) is 17.4 Å². The average molecular weight is 106 g/mol. The first-order chi connectivity index (χ1) is 2.64. The molecule has 0 aromatic rings. The Morgan fingerprint density at radius 1 is 1.71 bits per heavy atom. The van der Waals surface area contributed by atoms with E-state index < -0.39 is 11.9 Å². The molecule has 0 fully saturated rings. The number of rotatable bonds is 1. The molecule has 0 unspecified atom stereocenters. The van der Waals surface area contributed by atoms with E-state index in [0.29, 0.717) is 0 Å². The number of nitrogens with two attached hydrogens (primary N) is 2. The Bertz CT molecular complexity index is 62.0. The normalized spacial score (nSPS) is 11.7. The van der Waals surface area contributed by atoms with Gasteiger partial charge in [-0.15, -0.1) is 0 Å². The molecule has 0 aliphatic rings. The zero-order chi connectivity index (χ0) is 5.15. The Kier molecular flexibility index (Phi) is 4.92. The minimum atomic E-state index is -0.509. The van der Waals surface area contributed by atoms with Crippen molar-refractivity contribution in [3.8, 4) is 0 Å². The zero-order valence-corrected chi connectivity index (χ0v) is 4.14. The van der Waals surface area contributed by atoms with Gasteiger partial charge in [0.15, 0.2) is 0 Å². The second kappa shape index (κ2) is 3.58. The van der Waals surface area contributed by atoms with Gasteiger partial charge in [-0.1, -0.05) is 0 Å². The van der Waals surface area contributed by atoms with Gasteiger partial charge in [-0.2, -0.15) is 0 Å². The SMILES string of the molecule is C[C@@H](N)C(N)=O.O. The van der Waals surface area contributed by atoms with E-state index in [0.717, 1.165) is 0 Å². The number of carbonyl (C=O) groups excluding carboxylic acids is 1. The minimum absolute atomic E-state index is 0. The molecule has 44 valence electrons. The van der Waals surface area contributed by atoms with Crippen LogP contribution >= 0.6 is 0 Å². The third kappa shape index (κ3) is 5.39. The van der Waals surface area contributed by atoms with Gasteiger partial charge in [-0.05, 0) is 6.92 Å². The number of primary amides is 1. The molecule has 0 bridgehead atoms. The van der Waals surface area contributed by atoms with Crippen molar-refractivity contribution in [3.05, 3.63) is 0 Å². The Morgan fingerprint density at radius 3 is 1.86 bits per heavy atom. The maximum Gasteiger partial charge on any atom is 0.234 e. The van der Waals surface area contributed by atoms with E-state index in [1.807, 2.05) is 0 Å². The summed E-state index contributed by atoms with van der Waals surface area (Å²) in [4.78, 5) is 9.80. The van der Waals surface area contributed by atoms with Gasteiger partial charge in [0, 0.05) is 0 Å². The Morgan fingerprint density at radius 2 is 1.86 bits per heavy atom. The highest BCUT2D eigenvalue weighted by Crippen LogP contribution is 1.64. The fourth-order valence-electron chi connectivity index (χ4n) is 0. The largest absolute Gasteiger partial charge is 0.412 e. The number of carbonyl (C=O) groups is 1. The highest BCUT2D eigenvalue weighted by Gasteiger charge is 1.96. The zero-order valence-electron chi connectivity index (χ0n) is 4.14. The van der Waals surface area contributed by atoms with Gasteiger partial charge < -0.3 is 16.9 Å². The molecule has 0 aliphatic heterocycles. The molecule has 0 heterocycles. The van der Waals surface area contributed by atoms with Crippen molar-refractivity contribution in [2.75, 3.05) is 0 Å². The van der Waals surface area contributed by atoms with Crippen LogP contribution in [0.4, 0.5) is 0 Å². The maximum absolute atomic E-state index is 9.80. The molecular weight excluding hydrogens is 96.0 g/mol. The lowest BCUT2D eigenvalue weighted by molar-refractivity contribution is -0.118. The Labute approximate surface area is 41.8 Å². The van der Waals surface area contributed by atoms with E-state index >= 15 is 0 Å². The molecule has 0 radical (unpaired) electrons. The van der Waals surface area contributed by atoms with Gasteiger partial charge >= 0.3 is 0 Å². The molecular formula is C3H10N2O2. The fourth-order valence-corrected chi connectivity index (χ4v) is 0. The van der Waals surface area contributed by atoms with Crippen LogP contribution in [0.25, 0.3) is 0 Å². The number of hydrogen-bond donors (Lipinski definition) is 2. The summed E-state index contributed by atoms with van der Waals surface area (Å²) in [5.74, 6) is -0.463. The molecule has 0 aromatic carbocycles. The summed E-state index contributed by atoms with van der Waals surface area (Å²) in [6.45, 7) is 1.54. The molecule has 1 amide bonds. The Balaban J connectivity index is 0. The van der Waals surface area contributed by atoms with Crippen LogP contribution in [0.5, 0.6) is 0 Å². The summed E-state index contributed by atoms with van der Waals surface area (Å²) in [5.41, 5.74) is 9.63. The smallest absolute Gasteiger partial charge is 0.234 e. The van der Waals surface area contributed by atoms with Crippen LogP contribution in [0.15, 0.2) is 0 Å². The van der Waals surface area contributed by atoms with Crippen LogP contribution in [-0.2, 0) is 4.79 Å². The van der Waals surface area contributed by atoms with Gasteiger partial charge in [-0.25, -0.2) is 0 Å². The van der Waals surface area contributed by atoms with Crippen LogP contribution in [0.2, 0.25) is 0 Å². The summed E-state index contributed by atoms with van der Waals surface area (Å²) in [6, 6.07) is -0.509. The first-order valence-electron chi connectivity index (χ1n) is 1.69. The predicted molar refractivity (Wildman–Crippen MR) is 26.5 cm³/mol. The van der Waals surface area contributed by atoms with Gasteiger partial charge in [-0.3, -0.25) is 4.79 Å². The van der Waals surface area contributed by atoms with Crippen molar-refractivity contribution in [1.29, 1.82) is 0 Å². The molecule has 6 N–H and O–H groups in total. The second-order valence-corrected chi connectivity index (χ2v) is 1.19. The van der Waals surface area contributed by atoms with Crippen molar-refractivity contribution >= 4 is 5.91 Å².